The van der Waals surface area contributed by atoms with Gasteiger partial charge in [0.05, 0.1) is 6.20 Å². The Kier molecular flexibility index (Phi) is 4.25. The molecule has 0 bridgehead atoms. The Morgan fingerprint density at radius 1 is 1.33 bits per heavy atom. The van der Waals surface area contributed by atoms with Crippen LogP contribution in [0, 0.1) is 0 Å². The fraction of sp³-hybridized carbons (Fsp3) is 0.600. The fourth-order valence-corrected chi connectivity index (χ4v) is 1.23. The van der Waals surface area contributed by atoms with Gasteiger partial charge >= 0.3 is 0 Å². The average molecular weight is 164 g/mol. The average Bonchev–Trinajstić information content (AvgIpc) is 2.14. The topological polar surface area (TPSA) is 15.6 Å². The molecule has 2 nitrogen and oxygen atoms in total. The molecule has 0 amide bonds. The smallest absolute Gasteiger partial charge is 0.0657 e. The van der Waals surface area contributed by atoms with E-state index in [4.69, 9.17) is 0 Å². The summed E-state index contributed by atoms with van der Waals surface area (Å²) in [5.41, 5.74) is 0. The lowest BCUT2D eigenvalue weighted by molar-refractivity contribution is 0.472. The first-order chi connectivity index (χ1) is 5.93. The SMILES string of the molecule is C=CN1C=C=NCCCCCC1. The molecule has 0 atom stereocenters. The molecule has 0 aromatic rings. The second-order valence-electron chi connectivity index (χ2n) is 2.97. The molecule has 1 aliphatic heterocycles. The second-order valence-corrected chi connectivity index (χ2v) is 2.97. The monoisotopic (exact) mass is 164 g/mol. The lowest BCUT2D eigenvalue weighted by atomic mass is 10.2. The van der Waals surface area contributed by atoms with Gasteiger partial charge in [-0.2, -0.15) is 0 Å². The van der Waals surface area contributed by atoms with Crippen LogP contribution in [0.4, 0.5) is 0 Å². The van der Waals surface area contributed by atoms with E-state index in [1.165, 1.54) is 25.7 Å². The molecule has 0 saturated carbocycles. The molecule has 2 heteroatoms. The lowest BCUT2D eigenvalue weighted by Gasteiger charge is -2.13. The molecule has 0 aromatic carbocycles. The Morgan fingerprint density at radius 2 is 2.17 bits per heavy atom. The first-order valence-corrected chi connectivity index (χ1v) is 4.57. The van der Waals surface area contributed by atoms with Crippen LogP contribution in [0.1, 0.15) is 25.7 Å². The number of nitrogens with zero attached hydrogens (tertiary/aromatic N) is 2. The van der Waals surface area contributed by atoms with Gasteiger partial charge < -0.3 is 4.90 Å². The van der Waals surface area contributed by atoms with Gasteiger partial charge in [0.1, 0.15) is 0 Å². The van der Waals surface area contributed by atoms with Gasteiger partial charge in [-0.25, -0.2) is 4.99 Å². The van der Waals surface area contributed by atoms with Crippen LogP contribution in [0.5, 0.6) is 0 Å². The van der Waals surface area contributed by atoms with Crippen molar-refractivity contribution in [2.24, 2.45) is 4.99 Å². The Bertz CT molecular complexity index is 190. The third-order valence-corrected chi connectivity index (χ3v) is 1.99. The molecule has 12 heavy (non-hydrogen) atoms. The standard InChI is InChI=1S/C10H16N2/c1-2-12-9-6-4-3-5-7-11-8-10-12/h2,10H,1,3-7,9H2. The van der Waals surface area contributed by atoms with Crippen LogP contribution in [-0.4, -0.2) is 23.9 Å². The van der Waals surface area contributed by atoms with Gasteiger partial charge in [0, 0.05) is 13.1 Å². The van der Waals surface area contributed by atoms with Gasteiger partial charge in [0.15, 0.2) is 0 Å². The van der Waals surface area contributed by atoms with Gasteiger partial charge in [-0.3, -0.25) is 0 Å². The molecule has 0 spiro atoms. The molecule has 1 aliphatic rings. The molecular formula is C10H16N2. The third kappa shape index (κ3) is 3.40. The summed E-state index contributed by atoms with van der Waals surface area (Å²) in [5, 5.41) is 0. The van der Waals surface area contributed by atoms with Crippen molar-refractivity contribution >= 4 is 5.87 Å². The maximum Gasteiger partial charge on any atom is 0.0657 e. The third-order valence-electron chi connectivity index (χ3n) is 1.99. The summed E-state index contributed by atoms with van der Waals surface area (Å²) in [4.78, 5) is 6.17. The molecule has 66 valence electrons. The van der Waals surface area contributed by atoms with Crippen molar-refractivity contribution in [1.82, 2.24) is 4.90 Å². The Balaban J connectivity index is 2.49. The fourth-order valence-electron chi connectivity index (χ4n) is 1.23. The van der Waals surface area contributed by atoms with Gasteiger partial charge in [0.25, 0.3) is 0 Å². The highest BCUT2D eigenvalue weighted by atomic mass is 15.1. The molecule has 0 unspecified atom stereocenters. The molecule has 0 aliphatic carbocycles. The van der Waals surface area contributed by atoms with Crippen LogP contribution in [0.15, 0.2) is 24.0 Å². The summed E-state index contributed by atoms with van der Waals surface area (Å²) in [5.74, 6) is 2.91. The molecule has 0 fully saturated rings. The summed E-state index contributed by atoms with van der Waals surface area (Å²) in [6, 6.07) is 0. The molecule has 1 heterocycles. The minimum absolute atomic E-state index is 0.918. The van der Waals surface area contributed by atoms with Gasteiger partial charge in [-0.1, -0.05) is 19.4 Å². The maximum atomic E-state index is 4.14. The minimum Gasteiger partial charge on any atom is -0.347 e. The van der Waals surface area contributed by atoms with E-state index in [9.17, 15) is 0 Å². The number of aliphatic imine (C=N–C) groups is 1. The van der Waals surface area contributed by atoms with Crippen molar-refractivity contribution in [2.45, 2.75) is 25.7 Å². The zero-order valence-electron chi connectivity index (χ0n) is 7.50. The minimum atomic E-state index is 0.918. The summed E-state index contributed by atoms with van der Waals surface area (Å²) in [6.07, 6.45) is 8.73. The molecular weight excluding hydrogens is 148 g/mol. The van der Waals surface area contributed by atoms with E-state index in [2.05, 4.69) is 17.4 Å². The van der Waals surface area contributed by atoms with Crippen LogP contribution >= 0.6 is 0 Å². The molecule has 0 N–H and O–H groups in total. The van der Waals surface area contributed by atoms with Gasteiger partial charge in [-0.05, 0) is 24.9 Å². The number of rotatable bonds is 1. The van der Waals surface area contributed by atoms with E-state index in [0.717, 1.165) is 13.1 Å². The van der Waals surface area contributed by atoms with Crippen molar-refractivity contribution in [3.8, 4) is 0 Å². The Morgan fingerprint density at radius 3 is 3.00 bits per heavy atom. The van der Waals surface area contributed by atoms with E-state index in [1.807, 2.05) is 17.3 Å². The Labute approximate surface area is 74.3 Å². The highest BCUT2D eigenvalue weighted by Gasteiger charge is 1.95. The van der Waals surface area contributed by atoms with Crippen LogP contribution in [0.2, 0.25) is 0 Å². The van der Waals surface area contributed by atoms with Gasteiger partial charge in [0.2, 0.25) is 0 Å². The first-order valence-electron chi connectivity index (χ1n) is 4.57. The molecule has 0 radical (unpaired) electrons. The zero-order valence-corrected chi connectivity index (χ0v) is 7.50. The van der Waals surface area contributed by atoms with Crippen molar-refractivity contribution in [3.63, 3.8) is 0 Å². The highest BCUT2D eigenvalue weighted by Crippen LogP contribution is 2.03. The Hall–Kier alpha value is -1.01. The summed E-state index contributed by atoms with van der Waals surface area (Å²) >= 11 is 0. The second kappa shape index (κ2) is 5.62. The van der Waals surface area contributed by atoms with E-state index in [-0.39, 0.29) is 0 Å². The summed E-state index contributed by atoms with van der Waals surface area (Å²) in [6.45, 7) is 5.69. The number of hydrogen-bond acceptors (Lipinski definition) is 2. The molecule has 0 aromatic heterocycles. The van der Waals surface area contributed by atoms with Crippen molar-refractivity contribution in [2.75, 3.05) is 13.1 Å². The first kappa shape index (κ1) is 9.08. The van der Waals surface area contributed by atoms with E-state index in [0.29, 0.717) is 0 Å². The van der Waals surface area contributed by atoms with E-state index >= 15 is 0 Å². The normalized spacial score (nSPS) is 19.2. The summed E-state index contributed by atoms with van der Waals surface area (Å²) < 4.78 is 0. The van der Waals surface area contributed by atoms with Crippen LogP contribution in [-0.2, 0) is 0 Å². The maximum absolute atomic E-state index is 4.14. The lowest BCUT2D eigenvalue weighted by Crippen LogP contribution is -2.11. The van der Waals surface area contributed by atoms with Crippen molar-refractivity contribution < 1.29 is 0 Å². The predicted molar refractivity (Wildman–Crippen MR) is 52.2 cm³/mol. The van der Waals surface area contributed by atoms with Crippen molar-refractivity contribution in [3.05, 3.63) is 19.0 Å². The predicted octanol–water partition coefficient (Wildman–Crippen LogP) is 2.19. The van der Waals surface area contributed by atoms with E-state index < -0.39 is 0 Å². The van der Waals surface area contributed by atoms with E-state index in [1.54, 1.807) is 0 Å². The van der Waals surface area contributed by atoms with Crippen LogP contribution in [0.3, 0.4) is 0 Å². The largest absolute Gasteiger partial charge is 0.347 e. The highest BCUT2D eigenvalue weighted by molar-refractivity contribution is 5.51. The van der Waals surface area contributed by atoms with Gasteiger partial charge in [-0.15, -0.1) is 0 Å². The van der Waals surface area contributed by atoms with Crippen LogP contribution in [0.25, 0.3) is 0 Å². The van der Waals surface area contributed by atoms with Crippen LogP contribution < -0.4 is 0 Å². The molecule has 0 saturated heterocycles. The quantitative estimate of drug-likeness (QED) is 0.580. The summed E-state index contributed by atoms with van der Waals surface area (Å²) in [7, 11) is 0. The zero-order chi connectivity index (χ0) is 8.65. The van der Waals surface area contributed by atoms with Crippen molar-refractivity contribution in [1.29, 1.82) is 0 Å². The molecule has 1 rings (SSSR count). The number of hydrogen-bond donors (Lipinski definition) is 0.